The maximum atomic E-state index is 13.0. The Balaban J connectivity index is 1.68. The van der Waals surface area contributed by atoms with Crippen molar-refractivity contribution in [3.05, 3.63) is 41.6 Å². The van der Waals surface area contributed by atoms with Crippen LogP contribution in [0.5, 0.6) is 0 Å². The molecule has 1 saturated heterocycles. The molecule has 1 aliphatic carbocycles. The number of nitrogens with one attached hydrogen (secondary N) is 1. The number of hydrogen-bond donors (Lipinski definition) is 2. The molecule has 2 N–H and O–H groups in total. The molecule has 7 heteroatoms. The average Bonchev–Trinajstić information content (AvgIpc) is 2.68. The topological polar surface area (TPSA) is 81.6 Å². The van der Waals surface area contributed by atoms with E-state index in [2.05, 4.69) is 29.0 Å². The lowest BCUT2D eigenvalue weighted by molar-refractivity contribution is 0.0911. The van der Waals surface area contributed by atoms with Gasteiger partial charge in [-0.05, 0) is 24.0 Å². The Morgan fingerprint density at radius 3 is 2.48 bits per heavy atom. The van der Waals surface area contributed by atoms with Crippen LogP contribution < -0.4 is 10.2 Å². The van der Waals surface area contributed by atoms with Crippen LogP contribution in [-0.2, 0) is 6.42 Å². The maximum absolute atomic E-state index is 13.0. The molecule has 1 aromatic carbocycles. The van der Waals surface area contributed by atoms with Crippen LogP contribution in [0.4, 0.5) is 17.5 Å². The summed E-state index contributed by atoms with van der Waals surface area (Å²) < 4.78 is 0. The summed E-state index contributed by atoms with van der Waals surface area (Å²) in [5, 5.41) is 12.5. The van der Waals surface area contributed by atoms with E-state index in [1.54, 1.807) is 0 Å². The lowest BCUT2D eigenvalue weighted by Crippen LogP contribution is -2.48. The van der Waals surface area contributed by atoms with Crippen LogP contribution in [0.25, 0.3) is 0 Å². The van der Waals surface area contributed by atoms with Crippen molar-refractivity contribution in [3.63, 3.8) is 0 Å². The van der Waals surface area contributed by atoms with Crippen LogP contribution in [0.2, 0.25) is 0 Å². The van der Waals surface area contributed by atoms with Crippen molar-refractivity contribution in [1.82, 2.24) is 14.9 Å². The number of para-hydroxylation sites is 1. The van der Waals surface area contributed by atoms with Gasteiger partial charge >= 0.3 is 0 Å². The molecule has 0 spiro atoms. The smallest absolute Gasteiger partial charge is 0.227 e. The standard InChI is InChI=1S/C22H29N5O2/c1-22(2)14-17-19(18(29)15-22)20(23-16-6-4-3-5-7-16)25-21(24-17)27-10-8-26(9-11-27)12-13-28/h3-7,28H,8-15H2,1-2H3,(H,23,24,25). The van der Waals surface area contributed by atoms with Crippen LogP contribution in [0, 0.1) is 5.41 Å². The number of ketones is 1. The predicted octanol–water partition coefficient (Wildman–Crippen LogP) is 2.49. The molecule has 1 aromatic heterocycles. The number of carbonyl (C=O) groups excluding carboxylic acids is 1. The minimum absolute atomic E-state index is 0.0977. The molecule has 1 aliphatic heterocycles. The number of Topliss-reactive ketones (excluding diaryl/α,β-unsaturated/α-hetero) is 1. The van der Waals surface area contributed by atoms with Crippen molar-refractivity contribution in [2.45, 2.75) is 26.7 Å². The monoisotopic (exact) mass is 395 g/mol. The molecule has 0 bridgehead atoms. The van der Waals surface area contributed by atoms with Crippen molar-refractivity contribution >= 4 is 23.2 Å². The van der Waals surface area contributed by atoms with Gasteiger partial charge in [0.1, 0.15) is 5.82 Å². The second kappa shape index (κ2) is 8.08. The van der Waals surface area contributed by atoms with Gasteiger partial charge in [-0.3, -0.25) is 9.69 Å². The van der Waals surface area contributed by atoms with Crippen LogP contribution in [0.15, 0.2) is 30.3 Å². The predicted molar refractivity (Wildman–Crippen MR) is 114 cm³/mol. The van der Waals surface area contributed by atoms with Gasteiger partial charge in [-0.15, -0.1) is 0 Å². The molecule has 0 atom stereocenters. The number of anilines is 3. The van der Waals surface area contributed by atoms with E-state index in [9.17, 15) is 4.79 Å². The minimum atomic E-state index is -0.0977. The Kier molecular flexibility index (Phi) is 5.52. The van der Waals surface area contributed by atoms with E-state index >= 15 is 0 Å². The maximum Gasteiger partial charge on any atom is 0.227 e. The summed E-state index contributed by atoms with van der Waals surface area (Å²) in [6.07, 6.45) is 1.27. The van der Waals surface area contributed by atoms with E-state index in [0.29, 0.717) is 30.3 Å². The van der Waals surface area contributed by atoms with Gasteiger partial charge in [-0.2, -0.15) is 4.98 Å². The highest BCUT2D eigenvalue weighted by Crippen LogP contribution is 2.38. The molecule has 154 valence electrons. The number of hydrogen-bond acceptors (Lipinski definition) is 7. The highest BCUT2D eigenvalue weighted by molar-refractivity contribution is 6.03. The molecule has 0 saturated carbocycles. The van der Waals surface area contributed by atoms with Crippen molar-refractivity contribution in [2.75, 3.05) is 49.5 Å². The van der Waals surface area contributed by atoms with Gasteiger partial charge in [0.05, 0.1) is 17.9 Å². The van der Waals surface area contributed by atoms with Gasteiger partial charge in [0, 0.05) is 44.8 Å². The third kappa shape index (κ3) is 4.41. The number of fused-ring (bicyclic) bond motifs is 1. The average molecular weight is 396 g/mol. The summed E-state index contributed by atoms with van der Waals surface area (Å²) in [4.78, 5) is 27.0. The van der Waals surface area contributed by atoms with Crippen LogP contribution in [0.3, 0.4) is 0 Å². The number of benzene rings is 1. The van der Waals surface area contributed by atoms with Gasteiger partial charge in [-0.25, -0.2) is 4.98 Å². The molecule has 0 radical (unpaired) electrons. The van der Waals surface area contributed by atoms with Gasteiger partial charge in [0.2, 0.25) is 5.95 Å². The van der Waals surface area contributed by atoms with Crippen molar-refractivity contribution in [2.24, 2.45) is 5.41 Å². The Bertz CT molecular complexity index is 876. The van der Waals surface area contributed by atoms with E-state index in [-0.39, 0.29) is 17.8 Å². The first kappa shape index (κ1) is 19.8. The van der Waals surface area contributed by atoms with Gasteiger partial charge in [0.25, 0.3) is 0 Å². The molecule has 2 heterocycles. The number of aromatic nitrogens is 2. The Morgan fingerprint density at radius 2 is 1.79 bits per heavy atom. The third-order valence-corrected chi connectivity index (χ3v) is 5.64. The highest BCUT2D eigenvalue weighted by Gasteiger charge is 2.35. The highest BCUT2D eigenvalue weighted by atomic mass is 16.3. The number of piperazine rings is 1. The van der Waals surface area contributed by atoms with Crippen LogP contribution >= 0.6 is 0 Å². The molecule has 4 rings (SSSR count). The molecule has 1 fully saturated rings. The first-order chi connectivity index (χ1) is 13.9. The molecule has 0 unspecified atom stereocenters. The molecule has 29 heavy (non-hydrogen) atoms. The number of rotatable bonds is 5. The zero-order valence-corrected chi connectivity index (χ0v) is 17.2. The van der Waals surface area contributed by atoms with E-state index in [1.807, 2.05) is 30.3 Å². The van der Waals surface area contributed by atoms with E-state index in [0.717, 1.165) is 44.0 Å². The molecule has 2 aromatic rings. The molecule has 0 amide bonds. The van der Waals surface area contributed by atoms with E-state index < -0.39 is 0 Å². The quantitative estimate of drug-likeness (QED) is 0.805. The van der Waals surface area contributed by atoms with Gasteiger partial charge in [-0.1, -0.05) is 32.0 Å². The normalized spacial score (nSPS) is 19.1. The van der Waals surface area contributed by atoms with E-state index in [1.165, 1.54) is 0 Å². The van der Waals surface area contributed by atoms with Crippen molar-refractivity contribution < 1.29 is 9.90 Å². The number of nitrogens with zero attached hydrogens (tertiary/aromatic N) is 4. The molecule has 2 aliphatic rings. The minimum Gasteiger partial charge on any atom is -0.395 e. The number of carbonyl (C=O) groups is 1. The number of aliphatic hydroxyl groups excluding tert-OH is 1. The lowest BCUT2D eigenvalue weighted by Gasteiger charge is -2.36. The first-order valence-electron chi connectivity index (χ1n) is 10.3. The SMILES string of the molecule is CC1(C)CC(=O)c2c(nc(N3CCN(CCO)CC3)nc2Nc2ccccc2)C1. The first-order valence-corrected chi connectivity index (χ1v) is 10.3. The summed E-state index contributed by atoms with van der Waals surface area (Å²) in [6.45, 7) is 8.46. The lowest BCUT2D eigenvalue weighted by atomic mass is 9.75. The van der Waals surface area contributed by atoms with Crippen molar-refractivity contribution in [3.8, 4) is 0 Å². The Morgan fingerprint density at radius 1 is 1.07 bits per heavy atom. The second-order valence-electron chi connectivity index (χ2n) is 8.68. The summed E-state index contributed by atoms with van der Waals surface area (Å²) >= 11 is 0. The van der Waals surface area contributed by atoms with E-state index in [4.69, 9.17) is 15.1 Å². The zero-order valence-electron chi connectivity index (χ0n) is 17.2. The number of aliphatic hydroxyl groups is 1. The van der Waals surface area contributed by atoms with Gasteiger partial charge in [0.15, 0.2) is 5.78 Å². The third-order valence-electron chi connectivity index (χ3n) is 5.64. The van der Waals surface area contributed by atoms with Gasteiger partial charge < -0.3 is 15.3 Å². The summed E-state index contributed by atoms with van der Waals surface area (Å²) in [5.74, 6) is 1.39. The summed E-state index contributed by atoms with van der Waals surface area (Å²) in [6, 6.07) is 9.83. The number of β-amino-alcohol motifs (C(OH)–C–C–N with tert-alkyl or cyclic N) is 1. The Hall–Kier alpha value is -2.51. The Labute approximate surface area is 171 Å². The molecule has 7 nitrogen and oxygen atoms in total. The summed E-state index contributed by atoms with van der Waals surface area (Å²) in [5.41, 5.74) is 2.28. The fourth-order valence-corrected chi connectivity index (χ4v) is 4.16. The largest absolute Gasteiger partial charge is 0.395 e. The van der Waals surface area contributed by atoms with Crippen molar-refractivity contribution in [1.29, 1.82) is 0 Å². The zero-order chi connectivity index (χ0) is 20.4. The van der Waals surface area contributed by atoms with Crippen LogP contribution in [-0.4, -0.2) is 65.1 Å². The van der Waals surface area contributed by atoms with Crippen LogP contribution in [0.1, 0.15) is 36.3 Å². The molecular weight excluding hydrogens is 366 g/mol. The fourth-order valence-electron chi connectivity index (χ4n) is 4.16. The summed E-state index contributed by atoms with van der Waals surface area (Å²) in [7, 11) is 0. The second-order valence-corrected chi connectivity index (χ2v) is 8.68. The fraction of sp³-hybridized carbons (Fsp3) is 0.500. The molecular formula is C22H29N5O2.